The number of carbonyl (C=O) groups excluding carboxylic acids is 1. The van der Waals surface area contributed by atoms with E-state index in [4.69, 9.17) is 0 Å². The van der Waals surface area contributed by atoms with Gasteiger partial charge in [-0.05, 0) is 50.9 Å². The number of nitrogens with one attached hydrogen (secondary N) is 1. The molecule has 0 bridgehead atoms. The molecule has 0 saturated heterocycles. The van der Waals surface area contributed by atoms with E-state index in [1.165, 1.54) is 0 Å². The van der Waals surface area contributed by atoms with Crippen molar-refractivity contribution in [2.24, 2.45) is 0 Å². The zero-order chi connectivity index (χ0) is 10.7. The predicted octanol–water partition coefficient (Wildman–Crippen LogP) is 3.47. The second-order valence-electron chi connectivity index (χ2n) is 2.76. The van der Waals surface area contributed by atoms with Gasteiger partial charge in [0.1, 0.15) is 0 Å². The molecular formula is C9H9Br2NOS. The normalized spacial score (nSPS) is 12.3. The molecule has 1 rings (SSSR count). The van der Waals surface area contributed by atoms with Gasteiger partial charge in [-0.3, -0.25) is 4.79 Å². The summed E-state index contributed by atoms with van der Waals surface area (Å²) in [5.41, 5.74) is 0.735. The number of anilines is 1. The van der Waals surface area contributed by atoms with E-state index >= 15 is 0 Å². The highest BCUT2D eigenvalue weighted by atomic mass is 79.9. The molecule has 76 valence electrons. The Morgan fingerprint density at radius 1 is 1.43 bits per heavy atom. The molecule has 0 aromatic heterocycles. The van der Waals surface area contributed by atoms with E-state index < -0.39 is 0 Å². The van der Waals surface area contributed by atoms with Crippen LogP contribution >= 0.6 is 44.5 Å². The maximum atomic E-state index is 11.4. The number of thiol groups is 1. The zero-order valence-corrected chi connectivity index (χ0v) is 11.5. The van der Waals surface area contributed by atoms with E-state index in [2.05, 4.69) is 49.8 Å². The molecule has 1 atom stereocenters. The highest BCUT2D eigenvalue weighted by Crippen LogP contribution is 2.30. The fraction of sp³-hybridized carbons (Fsp3) is 0.222. The summed E-state index contributed by atoms with van der Waals surface area (Å²) in [6, 6.07) is 5.61. The molecular weight excluding hydrogens is 330 g/mol. The van der Waals surface area contributed by atoms with Crippen LogP contribution in [0.5, 0.6) is 0 Å². The van der Waals surface area contributed by atoms with Crippen LogP contribution < -0.4 is 5.32 Å². The van der Waals surface area contributed by atoms with E-state index in [1.54, 1.807) is 6.92 Å². The Morgan fingerprint density at radius 3 is 2.36 bits per heavy atom. The summed E-state index contributed by atoms with van der Waals surface area (Å²) in [5, 5.41) is 2.44. The third-order valence-corrected chi connectivity index (χ3v) is 3.15. The van der Waals surface area contributed by atoms with E-state index in [0.717, 1.165) is 14.6 Å². The fourth-order valence-electron chi connectivity index (χ4n) is 0.845. The lowest BCUT2D eigenvalue weighted by Crippen LogP contribution is -2.20. The maximum Gasteiger partial charge on any atom is 0.236 e. The van der Waals surface area contributed by atoms with Gasteiger partial charge in [-0.25, -0.2) is 0 Å². The minimum atomic E-state index is -0.325. The van der Waals surface area contributed by atoms with Crippen LogP contribution in [-0.2, 0) is 4.79 Å². The van der Waals surface area contributed by atoms with Gasteiger partial charge in [-0.1, -0.05) is 6.07 Å². The second-order valence-corrected chi connectivity index (χ2v) is 5.25. The lowest BCUT2D eigenvalue weighted by atomic mass is 10.3. The van der Waals surface area contributed by atoms with Gasteiger partial charge in [-0.15, -0.1) is 0 Å². The van der Waals surface area contributed by atoms with Crippen molar-refractivity contribution in [2.75, 3.05) is 5.32 Å². The van der Waals surface area contributed by atoms with Crippen molar-refractivity contribution in [1.29, 1.82) is 0 Å². The minimum Gasteiger partial charge on any atom is -0.323 e. The molecule has 14 heavy (non-hydrogen) atoms. The van der Waals surface area contributed by atoms with Crippen LogP contribution in [0.15, 0.2) is 27.1 Å². The van der Waals surface area contributed by atoms with Crippen LogP contribution in [0, 0.1) is 0 Å². The first-order valence-electron chi connectivity index (χ1n) is 3.95. The molecule has 0 aliphatic carbocycles. The molecule has 1 unspecified atom stereocenters. The monoisotopic (exact) mass is 337 g/mol. The summed E-state index contributed by atoms with van der Waals surface area (Å²) < 4.78 is 1.68. The van der Waals surface area contributed by atoms with Crippen LogP contribution in [0.25, 0.3) is 0 Å². The highest BCUT2D eigenvalue weighted by molar-refractivity contribution is 9.11. The topological polar surface area (TPSA) is 29.1 Å². The van der Waals surface area contributed by atoms with Gasteiger partial charge in [0, 0.05) is 8.95 Å². The number of carbonyl (C=O) groups is 1. The van der Waals surface area contributed by atoms with E-state index in [-0.39, 0.29) is 11.2 Å². The predicted molar refractivity (Wildman–Crippen MR) is 68.9 cm³/mol. The lowest BCUT2D eigenvalue weighted by molar-refractivity contribution is -0.115. The number of rotatable bonds is 2. The molecule has 1 amide bonds. The largest absolute Gasteiger partial charge is 0.323 e. The first kappa shape index (κ1) is 12.1. The number of hydrogen-bond acceptors (Lipinski definition) is 2. The Bertz CT molecular complexity index is 334. The Kier molecular flexibility index (Phi) is 4.47. The standard InChI is InChI=1S/C9H9Br2NOS/c1-5(14)9(13)12-8-6(10)3-2-4-7(8)11/h2-5,14H,1H3,(H,12,13). The van der Waals surface area contributed by atoms with Crippen molar-refractivity contribution in [1.82, 2.24) is 0 Å². The van der Waals surface area contributed by atoms with Crippen LogP contribution in [0.2, 0.25) is 0 Å². The first-order chi connectivity index (χ1) is 6.52. The van der Waals surface area contributed by atoms with Gasteiger partial charge in [0.15, 0.2) is 0 Å². The molecule has 0 aliphatic heterocycles. The van der Waals surface area contributed by atoms with Gasteiger partial charge >= 0.3 is 0 Å². The van der Waals surface area contributed by atoms with Gasteiger partial charge in [0.2, 0.25) is 5.91 Å². The van der Waals surface area contributed by atoms with Crippen molar-refractivity contribution in [3.05, 3.63) is 27.1 Å². The number of amides is 1. The fourth-order valence-corrected chi connectivity index (χ4v) is 2.11. The smallest absolute Gasteiger partial charge is 0.236 e. The summed E-state index contributed by atoms with van der Waals surface area (Å²) in [7, 11) is 0. The highest BCUT2D eigenvalue weighted by Gasteiger charge is 2.11. The Morgan fingerprint density at radius 2 is 1.93 bits per heavy atom. The average Bonchev–Trinajstić information content (AvgIpc) is 2.11. The van der Waals surface area contributed by atoms with Gasteiger partial charge in [0.25, 0.3) is 0 Å². The molecule has 0 heterocycles. The number of halogens is 2. The second kappa shape index (κ2) is 5.19. The number of para-hydroxylation sites is 1. The SMILES string of the molecule is CC(S)C(=O)Nc1c(Br)cccc1Br. The molecule has 2 nitrogen and oxygen atoms in total. The summed E-state index contributed by atoms with van der Waals surface area (Å²) in [5.74, 6) is -0.124. The molecule has 1 N–H and O–H groups in total. The summed E-state index contributed by atoms with van der Waals surface area (Å²) >= 11 is 10.8. The third kappa shape index (κ3) is 3.00. The van der Waals surface area contributed by atoms with Crippen molar-refractivity contribution in [2.45, 2.75) is 12.2 Å². The lowest BCUT2D eigenvalue weighted by Gasteiger charge is -2.10. The van der Waals surface area contributed by atoms with Crippen molar-refractivity contribution in [3.63, 3.8) is 0 Å². The van der Waals surface area contributed by atoms with E-state index in [1.807, 2.05) is 18.2 Å². The van der Waals surface area contributed by atoms with Gasteiger partial charge in [0.05, 0.1) is 10.9 Å². The maximum absolute atomic E-state index is 11.4. The van der Waals surface area contributed by atoms with E-state index in [0.29, 0.717) is 0 Å². The molecule has 0 saturated carbocycles. The molecule has 1 aromatic carbocycles. The van der Waals surface area contributed by atoms with Crippen molar-refractivity contribution < 1.29 is 4.79 Å². The molecule has 0 fully saturated rings. The van der Waals surface area contributed by atoms with Crippen LogP contribution in [-0.4, -0.2) is 11.2 Å². The van der Waals surface area contributed by atoms with Crippen molar-refractivity contribution >= 4 is 56.1 Å². The molecule has 0 aliphatic rings. The van der Waals surface area contributed by atoms with Gasteiger partial charge < -0.3 is 5.32 Å². The van der Waals surface area contributed by atoms with Crippen LogP contribution in [0.4, 0.5) is 5.69 Å². The summed E-state index contributed by atoms with van der Waals surface area (Å²) in [4.78, 5) is 11.4. The number of hydrogen-bond donors (Lipinski definition) is 2. The Labute approximate surface area is 105 Å². The number of benzene rings is 1. The first-order valence-corrected chi connectivity index (χ1v) is 6.05. The Hall–Kier alpha value is -0.000000000000000111. The van der Waals surface area contributed by atoms with Crippen molar-refractivity contribution in [3.8, 4) is 0 Å². The summed E-state index contributed by atoms with van der Waals surface area (Å²) in [6.07, 6.45) is 0. The summed E-state index contributed by atoms with van der Waals surface area (Å²) in [6.45, 7) is 1.73. The van der Waals surface area contributed by atoms with Crippen LogP contribution in [0.3, 0.4) is 0 Å². The van der Waals surface area contributed by atoms with Gasteiger partial charge in [-0.2, -0.15) is 12.6 Å². The molecule has 0 spiro atoms. The third-order valence-electron chi connectivity index (χ3n) is 1.59. The molecule has 5 heteroatoms. The minimum absolute atomic E-state index is 0.124. The average molecular weight is 339 g/mol. The molecule has 0 radical (unpaired) electrons. The van der Waals surface area contributed by atoms with Crippen LogP contribution in [0.1, 0.15) is 6.92 Å². The van der Waals surface area contributed by atoms with E-state index in [9.17, 15) is 4.79 Å². The zero-order valence-electron chi connectivity index (χ0n) is 7.42. The Balaban J connectivity index is 2.91. The quantitative estimate of drug-likeness (QED) is 0.794. The molecule has 1 aromatic rings.